The van der Waals surface area contributed by atoms with Crippen molar-refractivity contribution in [1.29, 1.82) is 0 Å². The van der Waals surface area contributed by atoms with E-state index in [0.717, 1.165) is 17.1 Å². The van der Waals surface area contributed by atoms with Gasteiger partial charge in [-0.05, 0) is 37.6 Å². The molecule has 0 aromatic carbocycles. The summed E-state index contributed by atoms with van der Waals surface area (Å²) < 4.78 is 10.4. The number of nitrogens with two attached hydrogens (primary N) is 1. The maximum atomic E-state index is 11.9. The van der Waals surface area contributed by atoms with Crippen molar-refractivity contribution in [1.82, 2.24) is 19.9 Å². The van der Waals surface area contributed by atoms with Crippen LogP contribution in [0.25, 0.3) is 16.7 Å². The molecule has 4 heterocycles. The Morgan fingerprint density at radius 3 is 2.84 bits per heavy atom. The lowest BCUT2D eigenvalue weighted by molar-refractivity contribution is 0.105. The Labute approximate surface area is 186 Å². The Kier molecular flexibility index (Phi) is 6.48. The lowest BCUT2D eigenvalue weighted by Crippen LogP contribution is -2.49. The van der Waals surface area contributed by atoms with Crippen molar-refractivity contribution in [3.8, 4) is 0 Å². The van der Waals surface area contributed by atoms with Crippen molar-refractivity contribution in [3.63, 3.8) is 0 Å². The Bertz CT molecular complexity index is 1070. The molecule has 2 aromatic heterocycles. The molecule has 0 radical (unpaired) electrons. The number of aliphatic imine (C=N–C) groups is 1. The molecule has 0 bridgehead atoms. The number of carbonyl (C=O) groups excluding carboxylic acids is 1. The highest BCUT2D eigenvalue weighted by molar-refractivity contribution is 5.79. The number of pyridine rings is 1. The number of piperazine rings is 1. The summed E-state index contributed by atoms with van der Waals surface area (Å²) in [6.07, 6.45) is 7.29. The minimum atomic E-state index is -0.273. The molecule has 1 fully saturated rings. The minimum Gasteiger partial charge on any atom is -0.461 e. The average Bonchev–Trinajstić information content (AvgIpc) is 2.88. The van der Waals surface area contributed by atoms with Gasteiger partial charge in [0.2, 0.25) is 0 Å². The first-order chi connectivity index (χ1) is 15.5. The monoisotopic (exact) mass is 437 g/mol. The molecule has 0 aliphatic carbocycles. The Hall–Kier alpha value is -3.69. The van der Waals surface area contributed by atoms with E-state index in [2.05, 4.69) is 14.9 Å². The predicted molar refractivity (Wildman–Crippen MR) is 122 cm³/mol. The number of amidine groups is 1. The normalized spacial score (nSPS) is 23.6. The zero-order valence-corrected chi connectivity index (χ0v) is 18.3. The summed E-state index contributed by atoms with van der Waals surface area (Å²) in [7, 11) is 0. The number of hydrogen-bond acceptors (Lipinski definition) is 9. The van der Waals surface area contributed by atoms with Crippen molar-refractivity contribution in [2.24, 2.45) is 10.7 Å². The van der Waals surface area contributed by atoms with Gasteiger partial charge in [0.05, 0.1) is 24.5 Å². The third kappa shape index (κ3) is 4.96. The maximum Gasteiger partial charge on any atom is 0.409 e. The van der Waals surface area contributed by atoms with Gasteiger partial charge in [-0.25, -0.2) is 24.7 Å². The second-order valence-corrected chi connectivity index (χ2v) is 7.48. The summed E-state index contributed by atoms with van der Waals surface area (Å²) in [5.74, 6) is 0.740. The first-order valence-corrected chi connectivity index (χ1v) is 10.7. The number of ether oxygens (including phenoxy) is 2. The summed E-state index contributed by atoms with van der Waals surface area (Å²) in [4.78, 5) is 34.1. The smallest absolute Gasteiger partial charge is 0.409 e. The second-order valence-electron chi connectivity index (χ2n) is 7.48. The number of amides is 1. The van der Waals surface area contributed by atoms with Crippen LogP contribution in [0.15, 0.2) is 41.6 Å². The topological polar surface area (TPSA) is 119 Å². The number of anilines is 1. The van der Waals surface area contributed by atoms with Crippen LogP contribution < -0.4 is 10.6 Å². The Morgan fingerprint density at radius 2 is 2.06 bits per heavy atom. The third-order valence-electron chi connectivity index (χ3n) is 5.20. The molecule has 0 saturated carbocycles. The van der Waals surface area contributed by atoms with E-state index in [1.807, 2.05) is 37.3 Å². The molecule has 10 nitrogen and oxygen atoms in total. The number of nitrogens with zero attached hydrogens (tertiary/aromatic N) is 6. The van der Waals surface area contributed by atoms with Gasteiger partial charge in [-0.3, -0.25) is 0 Å². The number of allylic oxidation sites excluding steroid dienone is 2. The van der Waals surface area contributed by atoms with Gasteiger partial charge >= 0.3 is 6.09 Å². The number of fused-ring (bicyclic) bond motifs is 1. The first kappa shape index (κ1) is 21.5. The van der Waals surface area contributed by atoms with E-state index in [1.54, 1.807) is 18.0 Å². The molecule has 2 aliphatic rings. The molecule has 0 spiro atoms. The van der Waals surface area contributed by atoms with Crippen LogP contribution in [0.4, 0.5) is 10.6 Å². The van der Waals surface area contributed by atoms with E-state index in [9.17, 15) is 4.79 Å². The van der Waals surface area contributed by atoms with Crippen LogP contribution in [0.5, 0.6) is 0 Å². The maximum absolute atomic E-state index is 11.9. The number of carbonyl (C=O) groups is 1. The van der Waals surface area contributed by atoms with E-state index in [-0.39, 0.29) is 18.2 Å². The zero-order chi connectivity index (χ0) is 22.5. The van der Waals surface area contributed by atoms with E-state index in [4.69, 9.17) is 25.2 Å². The van der Waals surface area contributed by atoms with Crippen LogP contribution in [0.1, 0.15) is 19.5 Å². The molecule has 2 N–H and O–H groups in total. The standard InChI is InChI=1S/C22H27N7O3/c1-3-31-22(30)29-10-8-28(9-11-29)19-14-24-18-7-6-17(26-20(18)27-19)16-5-4-12-32-21(23)25-15(2)13-16/h4-7,13-15H,3,8-12H2,1-2H3,(H2,23,25)/b5-4-,16-13+. The van der Waals surface area contributed by atoms with Crippen LogP contribution in [-0.2, 0) is 9.47 Å². The van der Waals surface area contributed by atoms with E-state index in [1.165, 1.54) is 0 Å². The fourth-order valence-corrected chi connectivity index (χ4v) is 3.60. The van der Waals surface area contributed by atoms with Crippen molar-refractivity contribution in [2.75, 3.05) is 44.3 Å². The number of aromatic nitrogens is 3. The van der Waals surface area contributed by atoms with E-state index < -0.39 is 0 Å². The van der Waals surface area contributed by atoms with Gasteiger partial charge < -0.3 is 25.0 Å². The fraction of sp³-hybridized carbons (Fsp3) is 0.409. The van der Waals surface area contributed by atoms with Crippen molar-refractivity contribution in [3.05, 3.63) is 42.3 Å². The van der Waals surface area contributed by atoms with E-state index >= 15 is 0 Å². The summed E-state index contributed by atoms with van der Waals surface area (Å²) >= 11 is 0. The quantitative estimate of drug-likeness (QED) is 0.774. The summed E-state index contributed by atoms with van der Waals surface area (Å²) in [5, 5.41) is 0. The van der Waals surface area contributed by atoms with E-state index in [0.29, 0.717) is 50.6 Å². The van der Waals surface area contributed by atoms with Gasteiger partial charge in [0.15, 0.2) is 5.65 Å². The van der Waals surface area contributed by atoms with Gasteiger partial charge in [0.25, 0.3) is 6.02 Å². The van der Waals surface area contributed by atoms with Gasteiger partial charge in [-0.1, -0.05) is 12.2 Å². The molecule has 1 saturated heterocycles. The zero-order valence-electron chi connectivity index (χ0n) is 18.3. The molecule has 4 rings (SSSR count). The molecule has 2 aliphatic heterocycles. The molecule has 10 heteroatoms. The predicted octanol–water partition coefficient (Wildman–Crippen LogP) is 1.98. The third-order valence-corrected chi connectivity index (χ3v) is 5.20. The lowest BCUT2D eigenvalue weighted by atomic mass is 10.1. The molecule has 168 valence electrons. The largest absolute Gasteiger partial charge is 0.461 e. The van der Waals surface area contributed by atoms with Crippen LogP contribution >= 0.6 is 0 Å². The molecule has 1 amide bonds. The molecule has 1 atom stereocenters. The van der Waals surface area contributed by atoms with Gasteiger partial charge in [0.1, 0.15) is 17.9 Å². The minimum absolute atomic E-state index is 0.154. The van der Waals surface area contributed by atoms with Crippen LogP contribution in [0.2, 0.25) is 0 Å². The fourth-order valence-electron chi connectivity index (χ4n) is 3.60. The lowest BCUT2D eigenvalue weighted by Gasteiger charge is -2.34. The van der Waals surface area contributed by atoms with Gasteiger partial charge in [0, 0.05) is 26.2 Å². The van der Waals surface area contributed by atoms with Crippen LogP contribution in [0.3, 0.4) is 0 Å². The molecular formula is C22H27N7O3. The van der Waals surface area contributed by atoms with Crippen LogP contribution in [0, 0.1) is 0 Å². The Balaban J connectivity index is 1.56. The summed E-state index contributed by atoms with van der Waals surface area (Å²) in [6.45, 7) is 6.92. The highest BCUT2D eigenvalue weighted by atomic mass is 16.6. The van der Waals surface area contributed by atoms with Crippen LogP contribution in [-0.4, -0.2) is 77.4 Å². The summed E-state index contributed by atoms with van der Waals surface area (Å²) in [5.41, 5.74) is 8.71. The van der Waals surface area contributed by atoms with Gasteiger partial charge in [-0.2, -0.15) is 0 Å². The second kappa shape index (κ2) is 9.63. The van der Waals surface area contributed by atoms with Crippen molar-refractivity contribution < 1.29 is 14.3 Å². The number of rotatable bonds is 3. The van der Waals surface area contributed by atoms with Crippen molar-refractivity contribution in [2.45, 2.75) is 19.9 Å². The highest BCUT2D eigenvalue weighted by Crippen LogP contribution is 2.21. The number of hydrogen-bond donors (Lipinski definition) is 1. The summed E-state index contributed by atoms with van der Waals surface area (Å²) in [6, 6.07) is 3.85. The Morgan fingerprint density at radius 1 is 1.25 bits per heavy atom. The highest BCUT2D eigenvalue weighted by Gasteiger charge is 2.23. The SMILES string of the molecule is CCOC(=O)N1CCN(c2cnc3ccc(C4=C/C(C)/N=C(/N)OC/C=C\4)nc3n2)CC1. The van der Waals surface area contributed by atoms with Crippen molar-refractivity contribution >= 4 is 34.7 Å². The average molecular weight is 438 g/mol. The molecular weight excluding hydrogens is 410 g/mol. The molecule has 2 aromatic rings. The first-order valence-electron chi connectivity index (χ1n) is 10.7. The van der Waals surface area contributed by atoms with Gasteiger partial charge in [-0.15, -0.1) is 0 Å². The molecule has 1 unspecified atom stereocenters. The molecule has 32 heavy (non-hydrogen) atoms.